The average molecular weight is 302 g/mol. The fourth-order valence-corrected chi connectivity index (χ4v) is 4.28. The number of benzene rings is 1. The van der Waals surface area contributed by atoms with E-state index in [1.54, 1.807) is 18.2 Å². The minimum atomic E-state index is -2.93. The summed E-state index contributed by atoms with van der Waals surface area (Å²) in [6.45, 7) is 1.83. The Morgan fingerprint density at radius 2 is 2.21 bits per heavy atom. The van der Waals surface area contributed by atoms with Gasteiger partial charge >= 0.3 is 0 Å². The summed E-state index contributed by atoms with van der Waals surface area (Å²) >= 11 is 5.97. The Hall–Kier alpha value is -1.07. The highest BCUT2D eigenvalue weighted by atomic mass is 35.5. The minimum Gasteiger partial charge on any atom is -0.326 e. The van der Waals surface area contributed by atoms with Crippen molar-refractivity contribution in [3.05, 3.63) is 28.8 Å². The maximum atomic E-state index is 11.9. The van der Waals surface area contributed by atoms with E-state index in [1.165, 1.54) is 0 Å². The fraction of sp³-hybridized carbons (Fsp3) is 0.462. The highest BCUT2D eigenvalue weighted by molar-refractivity contribution is 7.91. The molecule has 0 saturated carbocycles. The van der Waals surface area contributed by atoms with Crippen LogP contribution in [0.5, 0.6) is 0 Å². The maximum Gasteiger partial charge on any atom is 0.224 e. The summed E-state index contributed by atoms with van der Waals surface area (Å²) in [4.78, 5) is 11.9. The van der Waals surface area contributed by atoms with Crippen molar-refractivity contribution in [3.8, 4) is 0 Å². The van der Waals surface area contributed by atoms with E-state index in [4.69, 9.17) is 11.6 Å². The van der Waals surface area contributed by atoms with E-state index < -0.39 is 9.84 Å². The van der Waals surface area contributed by atoms with Gasteiger partial charge in [0.1, 0.15) is 0 Å². The van der Waals surface area contributed by atoms with Crippen molar-refractivity contribution in [2.24, 2.45) is 5.92 Å². The van der Waals surface area contributed by atoms with Crippen LogP contribution in [0.1, 0.15) is 18.4 Å². The van der Waals surface area contributed by atoms with Crippen LogP contribution in [0.3, 0.4) is 0 Å². The first-order valence-electron chi connectivity index (χ1n) is 6.13. The molecule has 1 atom stereocenters. The summed E-state index contributed by atoms with van der Waals surface area (Å²) in [5.41, 5.74) is 1.50. The van der Waals surface area contributed by atoms with Gasteiger partial charge in [-0.05, 0) is 37.0 Å². The molecule has 2 rings (SSSR count). The van der Waals surface area contributed by atoms with Crippen LogP contribution in [0.4, 0.5) is 5.69 Å². The SMILES string of the molecule is Cc1c(Cl)cccc1NC(=O)CC1CCS(=O)(=O)C1. The Morgan fingerprint density at radius 3 is 2.84 bits per heavy atom. The van der Waals surface area contributed by atoms with E-state index in [0.717, 1.165) is 5.56 Å². The number of carbonyl (C=O) groups is 1. The first kappa shape index (κ1) is 14.3. The first-order valence-corrected chi connectivity index (χ1v) is 8.33. The van der Waals surface area contributed by atoms with E-state index in [2.05, 4.69) is 5.32 Å². The summed E-state index contributed by atoms with van der Waals surface area (Å²) < 4.78 is 22.7. The molecule has 1 heterocycles. The van der Waals surface area contributed by atoms with Crippen molar-refractivity contribution < 1.29 is 13.2 Å². The van der Waals surface area contributed by atoms with E-state index in [-0.39, 0.29) is 29.8 Å². The summed E-state index contributed by atoms with van der Waals surface area (Å²) in [7, 11) is -2.93. The number of sulfone groups is 1. The second kappa shape index (κ2) is 5.51. The quantitative estimate of drug-likeness (QED) is 0.932. The molecule has 1 aliphatic rings. The number of carbonyl (C=O) groups excluding carboxylic acids is 1. The highest BCUT2D eigenvalue weighted by Crippen LogP contribution is 2.25. The number of hydrogen-bond donors (Lipinski definition) is 1. The minimum absolute atomic E-state index is 0.0653. The van der Waals surface area contributed by atoms with Gasteiger partial charge in [-0.2, -0.15) is 0 Å². The van der Waals surface area contributed by atoms with Crippen LogP contribution in [0.15, 0.2) is 18.2 Å². The molecular formula is C13H16ClNO3S. The predicted molar refractivity (Wildman–Crippen MR) is 76.2 cm³/mol. The molecule has 1 saturated heterocycles. The molecule has 104 valence electrons. The van der Waals surface area contributed by atoms with Crippen molar-refractivity contribution in [1.29, 1.82) is 0 Å². The number of hydrogen-bond acceptors (Lipinski definition) is 3. The third kappa shape index (κ3) is 3.70. The lowest BCUT2D eigenvalue weighted by Crippen LogP contribution is -2.18. The van der Waals surface area contributed by atoms with Crippen LogP contribution in [0.2, 0.25) is 5.02 Å². The van der Waals surface area contributed by atoms with Crippen LogP contribution < -0.4 is 5.32 Å². The smallest absolute Gasteiger partial charge is 0.224 e. The van der Waals surface area contributed by atoms with Crippen LogP contribution in [-0.2, 0) is 14.6 Å². The van der Waals surface area contributed by atoms with Gasteiger partial charge in [0, 0.05) is 17.1 Å². The van der Waals surface area contributed by atoms with Gasteiger partial charge in [-0.15, -0.1) is 0 Å². The van der Waals surface area contributed by atoms with E-state index in [0.29, 0.717) is 17.1 Å². The normalized spacial score (nSPS) is 21.3. The molecular weight excluding hydrogens is 286 g/mol. The molecule has 1 aromatic carbocycles. The Labute approximate surface area is 118 Å². The van der Waals surface area contributed by atoms with Crippen molar-refractivity contribution in [2.75, 3.05) is 16.8 Å². The van der Waals surface area contributed by atoms with Gasteiger partial charge in [0.2, 0.25) is 5.91 Å². The molecule has 1 fully saturated rings. The summed E-state index contributed by atoms with van der Waals surface area (Å²) in [6.07, 6.45) is 0.815. The topological polar surface area (TPSA) is 63.2 Å². The van der Waals surface area contributed by atoms with Crippen LogP contribution in [0, 0.1) is 12.8 Å². The molecule has 1 aliphatic heterocycles. The fourth-order valence-electron chi connectivity index (χ4n) is 2.24. The molecule has 19 heavy (non-hydrogen) atoms. The van der Waals surface area contributed by atoms with Gasteiger partial charge in [-0.1, -0.05) is 17.7 Å². The molecule has 0 aromatic heterocycles. The average Bonchev–Trinajstić information content (AvgIpc) is 2.64. The molecule has 0 radical (unpaired) electrons. The molecule has 0 bridgehead atoms. The lowest BCUT2D eigenvalue weighted by Gasteiger charge is -2.11. The maximum absolute atomic E-state index is 11.9. The molecule has 1 amide bonds. The Morgan fingerprint density at radius 1 is 1.47 bits per heavy atom. The molecule has 1 unspecified atom stereocenters. The van der Waals surface area contributed by atoms with Gasteiger partial charge in [-0.25, -0.2) is 8.42 Å². The summed E-state index contributed by atoms with van der Waals surface area (Å²) in [6, 6.07) is 5.31. The second-order valence-electron chi connectivity index (χ2n) is 4.93. The summed E-state index contributed by atoms with van der Waals surface area (Å²) in [5.74, 6) is 0.0905. The van der Waals surface area contributed by atoms with Gasteiger partial charge in [0.15, 0.2) is 9.84 Å². The van der Waals surface area contributed by atoms with Crippen molar-refractivity contribution in [3.63, 3.8) is 0 Å². The zero-order valence-electron chi connectivity index (χ0n) is 10.6. The van der Waals surface area contributed by atoms with Crippen molar-refractivity contribution in [1.82, 2.24) is 0 Å². The summed E-state index contributed by atoms with van der Waals surface area (Å²) in [5, 5.41) is 3.39. The number of rotatable bonds is 3. The van der Waals surface area contributed by atoms with E-state index >= 15 is 0 Å². The monoisotopic (exact) mass is 301 g/mol. The van der Waals surface area contributed by atoms with Crippen molar-refractivity contribution in [2.45, 2.75) is 19.8 Å². The van der Waals surface area contributed by atoms with Gasteiger partial charge in [0.05, 0.1) is 11.5 Å². The molecule has 4 nitrogen and oxygen atoms in total. The van der Waals surface area contributed by atoms with Crippen LogP contribution >= 0.6 is 11.6 Å². The molecule has 0 aliphatic carbocycles. The standard InChI is InChI=1S/C13H16ClNO3S/c1-9-11(14)3-2-4-12(9)15-13(16)7-10-5-6-19(17,18)8-10/h2-4,10H,5-8H2,1H3,(H,15,16). The zero-order valence-corrected chi connectivity index (χ0v) is 12.2. The van der Waals surface area contributed by atoms with E-state index in [1.807, 2.05) is 6.92 Å². The Kier molecular flexibility index (Phi) is 4.16. The number of amides is 1. The Balaban J connectivity index is 1.97. The first-order chi connectivity index (χ1) is 8.87. The largest absolute Gasteiger partial charge is 0.326 e. The third-order valence-corrected chi connectivity index (χ3v) is 5.59. The third-order valence-electron chi connectivity index (χ3n) is 3.34. The molecule has 1 N–H and O–H groups in total. The Bertz CT molecular complexity index is 598. The van der Waals surface area contributed by atoms with E-state index in [9.17, 15) is 13.2 Å². The van der Waals surface area contributed by atoms with Crippen LogP contribution in [-0.4, -0.2) is 25.8 Å². The number of anilines is 1. The molecule has 6 heteroatoms. The molecule has 0 spiro atoms. The van der Waals surface area contributed by atoms with Gasteiger partial charge < -0.3 is 5.32 Å². The lowest BCUT2D eigenvalue weighted by molar-refractivity contribution is -0.116. The van der Waals surface area contributed by atoms with Crippen LogP contribution in [0.25, 0.3) is 0 Å². The predicted octanol–water partition coefficient (Wildman–Crippen LogP) is 2.41. The molecule has 1 aromatic rings. The number of halogens is 1. The second-order valence-corrected chi connectivity index (χ2v) is 7.57. The zero-order chi connectivity index (χ0) is 14.0. The highest BCUT2D eigenvalue weighted by Gasteiger charge is 2.29. The number of nitrogens with one attached hydrogen (secondary N) is 1. The van der Waals surface area contributed by atoms with Gasteiger partial charge in [-0.3, -0.25) is 4.79 Å². The van der Waals surface area contributed by atoms with Crippen molar-refractivity contribution >= 4 is 33.0 Å². The lowest BCUT2D eigenvalue weighted by atomic mass is 10.0. The van der Waals surface area contributed by atoms with Gasteiger partial charge in [0.25, 0.3) is 0 Å².